The predicted molar refractivity (Wildman–Crippen MR) is 178 cm³/mol. The highest BCUT2D eigenvalue weighted by Gasteiger charge is 2.51. The first-order valence-corrected chi connectivity index (χ1v) is 17.1. The lowest BCUT2D eigenvalue weighted by atomic mass is 9.75. The topological polar surface area (TPSA) is 102 Å². The quantitative estimate of drug-likeness (QED) is 0.264. The van der Waals surface area contributed by atoms with Crippen molar-refractivity contribution in [2.45, 2.75) is 62.8 Å². The van der Waals surface area contributed by atoms with Crippen LogP contribution in [0.1, 0.15) is 44.1 Å². The Morgan fingerprint density at radius 3 is 2.67 bits per heavy atom. The summed E-state index contributed by atoms with van der Waals surface area (Å²) >= 11 is 0. The normalized spacial score (nSPS) is 26.7. The minimum Gasteiger partial charge on any atom is -0.508 e. The number of likely N-dealkylation sites (tertiary alicyclic amines) is 1. The highest BCUT2D eigenvalue weighted by atomic mass is 19.1. The van der Waals surface area contributed by atoms with E-state index >= 15 is 4.39 Å². The van der Waals surface area contributed by atoms with E-state index in [4.69, 9.17) is 35.3 Å². The van der Waals surface area contributed by atoms with Crippen LogP contribution in [-0.4, -0.2) is 95.8 Å². The first kappa shape index (κ1) is 30.7. The zero-order valence-corrected chi connectivity index (χ0v) is 27.3. The van der Waals surface area contributed by atoms with E-state index in [1.165, 1.54) is 31.4 Å². The van der Waals surface area contributed by atoms with Crippen molar-refractivity contribution in [1.29, 1.82) is 0 Å². The first-order valence-electron chi connectivity index (χ1n) is 17.1. The van der Waals surface area contributed by atoms with Crippen LogP contribution >= 0.6 is 0 Å². The van der Waals surface area contributed by atoms with Crippen molar-refractivity contribution < 1.29 is 32.8 Å². The molecule has 0 spiro atoms. The molecular formula is C37H37F2N5O5. The number of aromatic hydroxyl groups is 1. The standard InChI is InChI=1S/C37H37F2N5O5/c1-3-25-27(38)8-7-20-12-23(45)14-26(29(20)25)32-31(39)33-30(35(40-32)46-2)34(44-15-24-13-21(44)18-48-24)42-36(41-33)49-19-37-9-4-6-28(37)43(11-5-10-37)22-16-47-17-22/h1,7-8,12,14,21-22,24,28,45H,4-6,9-11,13,15-19H2,2H3/t21-,24-,28-,37?/m1/s1. The minimum atomic E-state index is -0.783. The van der Waals surface area contributed by atoms with Gasteiger partial charge in [-0.25, -0.2) is 13.8 Å². The number of anilines is 1. The lowest BCUT2D eigenvalue weighted by Gasteiger charge is -2.51. The fraction of sp³-hybridized carbons (Fsp3) is 0.486. The number of halogens is 2. The Morgan fingerprint density at radius 2 is 1.94 bits per heavy atom. The van der Waals surface area contributed by atoms with Crippen molar-refractivity contribution in [1.82, 2.24) is 19.9 Å². The molecule has 2 aromatic carbocycles. The van der Waals surface area contributed by atoms with Crippen LogP contribution in [0.25, 0.3) is 32.9 Å². The number of hydrogen-bond acceptors (Lipinski definition) is 10. The van der Waals surface area contributed by atoms with Crippen LogP contribution in [0, 0.1) is 29.4 Å². The van der Waals surface area contributed by atoms with E-state index in [0.29, 0.717) is 48.4 Å². The number of pyridine rings is 1. The van der Waals surface area contributed by atoms with Gasteiger partial charge in [-0.05, 0) is 62.2 Å². The molecule has 1 aliphatic carbocycles. The van der Waals surface area contributed by atoms with Crippen molar-refractivity contribution in [2.75, 3.05) is 51.5 Å². The summed E-state index contributed by atoms with van der Waals surface area (Å²) in [7, 11) is 1.45. The monoisotopic (exact) mass is 669 g/mol. The number of phenolic OH excluding ortho intramolecular Hbond substituents is 1. The summed E-state index contributed by atoms with van der Waals surface area (Å²) < 4.78 is 55.9. The molecule has 5 aliphatic rings. The number of methoxy groups -OCH3 is 1. The van der Waals surface area contributed by atoms with Gasteiger partial charge in [0.15, 0.2) is 5.82 Å². The van der Waals surface area contributed by atoms with E-state index < -0.39 is 11.6 Å². The molecule has 6 heterocycles. The molecule has 0 amide bonds. The molecule has 4 aromatic rings. The van der Waals surface area contributed by atoms with Crippen LogP contribution in [0.5, 0.6) is 17.6 Å². The number of rotatable bonds is 7. The number of terminal acetylenes is 1. The fourth-order valence-corrected chi connectivity index (χ4v) is 9.11. The van der Waals surface area contributed by atoms with E-state index in [2.05, 4.69) is 20.7 Å². The third kappa shape index (κ3) is 4.81. The molecule has 4 aliphatic heterocycles. The lowest BCUT2D eigenvalue weighted by molar-refractivity contribution is -0.115. The van der Waals surface area contributed by atoms with Crippen LogP contribution < -0.4 is 14.4 Å². The number of morpholine rings is 1. The molecule has 1 unspecified atom stereocenters. The molecule has 4 atom stereocenters. The van der Waals surface area contributed by atoms with Gasteiger partial charge in [-0.1, -0.05) is 18.4 Å². The predicted octanol–water partition coefficient (Wildman–Crippen LogP) is 5.21. The number of piperidine rings is 1. The van der Waals surface area contributed by atoms with Crippen LogP contribution in [0.4, 0.5) is 14.6 Å². The maximum absolute atomic E-state index is 17.1. The van der Waals surface area contributed by atoms with Crippen molar-refractivity contribution in [3.63, 3.8) is 0 Å². The first-order chi connectivity index (χ1) is 23.9. The average molecular weight is 670 g/mol. The number of benzene rings is 2. The summed E-state index contributed by atoms with van der Waals surface area (Å²) in [5, 5.41) is 11.7. The molecule has 1 N–H and O–H groups in total. The van der Waals surface area contributed by atoms with E-state index in [1.807, 2.05) is 0 Å². The summed E-state index contributed by atoms with van der Waals surface area (Å²) in [5.41, 5.74) is -0.227. The molecule has 49 heavy (non-hydrogen) atoms. The number of fused-ring (bicyclic) bond motifs is 5. The second kappa shape index (κ2) is 11.6. The number of hydrogen-bond donors (Lipinski definition) is 1. The minimum absolute atomic E-state index is 0.0417. The Balaban J connectivity index is 1.19. The summed E-state index contributed by atoms with van der Waals surface area (Å²) in [6.45, 7) is 4.13. The summed E-state index contributed by atoms with van der Waals surface area (Å²) in [6.07, 6.45) is 12.0. The Hall–Kier alpha value is -4.31. The van der Waals surface area contributed by atoms with Crippen LogP contribution in [0.2, 0.25) is 0 Å². The van der Waals surface area contributed by atoms with E-state index in [0.717, 1.165) is 58.3 Å². The molecule has 5 fully saturated rings. The number of aromatic nitrogens is 3. The second-order valence-corrected chi connectivity index (χ2v) is 14.1. The zero-order valence-electron chi connectivity index (χ0n) is 27.3. The third-order valence-corrected chi connectivity index (χ3v) is 11.5. The zero-order chi connectivity index (χ0) is 33.4. The molecule has 2 bridgehead atoms. The fourth-order valence-electron chi connectivity index (χ4n) is 9.11. The molecule has 12 heteroatoms. The van der Waals surface area contributed by atoms with Crippen LogP contribution in [0.15, 0.2) is 24.3 Å². The van der Waals surface area contributed by atoms with Crippen molar-refractivity contribution in [3.8, 4) is 41.2 Å². The summed E-state index contributed by atoms with van der Waals surface area (Å²) in [4.78, 5) is 19.0. The Labute approximate surface area is 282 Å². The van der Waals surface area contributed by atoms with Crippen molar-refractivity contribution >= 4 is 27.5 Å². The number of ether oxygens (including phenoxy) is 4. The van der Waals surface area contributed by atoms with Gasteiger partial charge in [0.05, 0.1) is 57.3 Å². The van der Waals surface area contributed by atoms with Crippen LogP contribution in [-0.2, 0) is 9.47 Å². The van der Waals surface area contributed by atoms with E-state index in [1.54, 1.807) is 0 Å². The van der Waals surface area contributed by atoms with Gasteiger partial charge < -0.3 is 29.0 Å². The second-order valence-electron chi connectivity index (χ2n) is 14.1. The average Bonchev–Trinajstić information content (AvgIpc) is 3.84. The number of nitrogens with zero attached hydrogens (tertiary/aromatic N) is 5. The van der Waals surface area contributed by atoms with Crippen LogP contribution in [0.3, 0.4) is 0 Å². The largest absolute Gasteiger partial charge is 0.508 e. The SMILES string of the molecule is C#Cc1c(F)ccc2cc(O)cc(-c3nc(OC)c4c(N5C[C@H]6C[C@@H]5CO6)nc(OCC56CCC[C@H]5N(C5COC5)CCC6)nc4c3F)c12. The van der Waals surface area contributed by atoms with Crippen molar-refractivity contribution in [3.05, 3.63) is 41.5 Å². The van der Waals surface area contributed by atoms with Gasteiger partial charge >= 0.3 is 6.01 Å². The third-order valence-electron chi connectivity index (χ3n) is 11.5. The molecule has 9 rings (SSSR count). The van der Waals surface area contributed by atoms with Gasteiger partial charge in [-0.15, -0.1) is 6.42 Å². The van der Waals surface area contributed by atoms with Crippen molar-refractivity contribution in [2.24, 2.45) is 5.41 Å². The molecular weight excluding hydrogens is 632 g/mol. The maximum Gasteiger partial charge on any atom is 0.319 e. The molecule has 254 valence electrons. The van der Waals surface area contributed by atoms with E-state index in [9.17, 15) is 9.50 Å². The highest BCUT2D eigenvalue weighted by Crippen LogP contribution is 2.50. The maximum atomic E-state index is 17.1. The Kier molecular flexibility index (Phi) is 7.30. The smallest absolute Gasteiger partial charge is 0.319 e. The summed E-state index contributed by atoms with van der Waals surface area (Å²) in [5.74, 6) is 1.38. The van der Waals surface area contributed by atoms with Gasteiger partial charge in [0.2, 0.25) is 5.88 Å². The van der Waals surface area contributed by atoms with Gasteiger partial charge in [-0.3, -0.25) is 4.90 Å². The lowest BCUT2D eigenvalue weighted by Crippen LogP contribution is -2.60. The highest BCUT2D eigenvalue weighted by molar-refractivity contribution is 6.04. The van der Waals surface area contributed by atoms with Gasteiger partial charge in [0.25, 0.3) is 0 Å². The Bertz CT molecular complexity index is 2040. The van der Waals surface area contributed by atoms with Gasteiger partial charge in [-0.2, -0.15) is 9.97 Å². The molecule has 2 aromatic heterocycles. The summed E-state index contributed by atoms with van der Waals surface area (Å²) in [6, 6.07) is 6.45. The molecule has 4 saturated heterocycles. The van der Waals surface area contributed by atoms with Gasteiger partial charge in [0, 0.05) is 29.0 Å². The number of phenols is 1. The Morgan fingerprint density at radius 1 is 1.08 bits per heavy atom. The molecule has 10 nitrogen and oxygen atoms in total. The van der Waals surface area contributed by atoms with E-state index in [-0.39, 0.29) is 62.9 Å². The van der Waals surface area contributed by atoms with Gasteiger partial charge in [0.1, 0.15) is 34.0 Å². The molecule has 1 saturated carbocycles. The molecule has 0 radical (unpaired) electrons.